The van der Waals surface area contributed by atoms with E-state index >= 15 is 0 Å². The highest BCUT2D eigenvalue weighted by Crippen LogP contribution is 2.06. The lowest BCUT2D eigenvalue weighted by molar-refractivity contribution is 0.121. The average Bonchev–Trinajstić information content (AvgIpc) is 2.76. The van der Waals surface area contributed by atoms with Gasteiger partial charge in [-0.15, -0.1) is 0 Å². The van der Waals surface area contributed by atoms with Crippen molar-refractivity contribution >= 4 is 0 Å². The Morgan fingerprint density at radius 2 is 2.06 bits per heavy atom. The minimum absolute atomic E-state index is 0.281. The molecule has 1 aromatic heterocycles. The van der Waals surface area contributed by atoms with Gasteiger partial charge >= 0.3 is 0 Å². The second-order valence-corrected chi connectivity index (χ2v) is 4.66. The fourth-order valence-electron chi connectivity index (χ4n) is 1.92. The van der Waals surface area contributed by atoms with Crippen LogP contribution in [-0.2, 0) is 13.0 Å². The fourth-order valence-corrected chi connectivity index (χ4v) is 1.92. The van der Waals surface area contributed by atoms with E-state index in [2.05, 4.69) is 5.10 Å². The van der Waals surface area contributed by atoms with Crippen LogP contribution in [0.3, 0.4) is 0 Å². The molecule has 0 saturated carbocycles. The molecule has 4 heteroatoms. The smallest absolute Gasteiger partial charge is 0.0889 e. The van der Waals surface area contributed by atoms with Crippen molar-refractivity contribution in [3.8, 4) is 0 Å². The van der Waals surface area contributed by atoms with E-state index in [-0.39, 0.29) is 6.04 Å². The Bertz CT molecular complexity index is 481. The van der Waals surface area contributed by atoms with Gasteiger partial charge in [-0.05, 0) is 24.5 Å². The van der Waals surface area contributed by atoms with Gasteiger partial charge in [0, 0.05) is 12.2 Å². The number of nitrogens with two attached hydrogens (primary N) is 1. The van der Waals surface area contributed by atoms with E-state index < -0.39 is 6.10 Å². The highest BCUT2D eigenvalue weighted by molar-refractivity contribution is 5.16. The number of aliphatic hydroxyl groups is 1. The van der Waals surface area contributed by atoms with Crippen molar-refractivity contribution < 1.29 is 5.11 Å². The summed E-state index contributed by atoms with van der Waals surface area (Å²) in [7, 11) is 0. The van der Waals surface area contributed by atoms with Crippen LogP contribution in [0.1, 0.15) is 11.1 Å². The van der Waals surface area contributed by atoms with Crippen LogP contribution < -0.4 is 5.73 Å². The van der Waals surface area contributed by atoms with Crippen molar-refractivity contribution in [3.63, 3.8) is 0 Å². The maximum Gasteiger partial charge on any atom is 0.0889 e. The molecule has 0 saturated heterocycles. The van der Waals surface area contributed by atoms with Crippen LogP contribution in [0.2, 0.25) is 0 Å². The normalized spacial score (nSPS) is 14.4. The van der Waals surface area contributed by atoms with Gasteiger partial charge in [-0.3, -0.25) is 4.68 Å². The Kier molecular flexibility index (Phi) is 4.12. The average molecular weight is 245 g/mol. The summed E-state index contributed by atoms with van der Waals surface area (Å²) in [5, 5.41) is 14.2. The predicted molar refractivity (Wildman–Crippen MR) is 71.1 cm³/mol. The zero-order chi connectivity index (χ0) is 13.0. The first kappa shape index (κ1) is 12.8. The van der Waals surface area contributed by atoms with Crippen LogP contribution in [0.4, 0.5) is 0 Å². The molecule has 0 aliphatic heterocycles. The van der Waals surface area contributed by atoms with Gasteiger partial charge in [0.15, 0.2) is 0 Å². The first-order chi connectivity index (χ1) is 8.65. The summed E-state index contributed by atoms with van der Waals surface area (Å²) in [5.74, 6) is 0. The van der Waals surface area contributed by atoms with Crippen LogP contribution in [0.15, 0.2) is 42.7 Å². The molecule has 2 rings (SSSR count). The minimum Gasteiger partial charge on any atom is -0.390 e. The van der Waals surface area contributed by atoms with Gasteiger partial charge in [-0.25, -0.2) is 0 Å². The largest absolute Gasteiger partial charge is 0.390 e. The number of hydrogen-bond acceptors (Lipinski definition) is 3. The Morgan fingerprint density at radius 3 is 2.67 bits per heavy atom. The van der Waals surface area contributed by atoms with Crippen molar-refractivity contribution in [2.24, 2.45) is 5.73 Å². The van der Waals surface area contributed by atoms with Gasteiger partial charge < -0.3 is 10.8 Å². The van der Waals surface area contributed by atoms with E-state index in [0.29, 0.717) is 13.0 Å². The quantitative estimate of drug-likeness (QED) is 0.829. The van der Waals surface area contributed by atoms with Crippen LogP contribution in [0, 0.1) is 6.92 Å². The van der Waals surface area contributed by atoms with Crippen LogP contribution >= 0.6 is 0 Å². The zero-order valence-corrected chi connectivity index (χ0v) is 10.5. The summed E-state index contributed by atoms with van der Waals surface area (Å²) in [5.41, 5.74) is 8.23. The molecule has 0 spiro atoms. The maximum absolute atomic E-state index is 10.1. The molecule has 2 unspecified atom stereocenters. The van der Waals surface area contributed by atoms with Crippen molar-refractivity contribution in [2.75, 3.05) is 0 Å². The Labute approximate surface area is 107 Å². The molecule has 2 aromatic rings. The molecule has 0 aliphatic rings. The molecule has 18 heavy (non-hydrogen) atoms. The summed E-state index contributed by atoms with van der Waals surface area (Å²) < 4.78 is 1.73. The number of aliphatic hydroxyl groups excluding tert-OH is 1. The van der Waals surface area contributed by atoms with Gasteiger partial charge in [0.1, 0.15) is 0 Å². The zero-order valence-electron chi connectivity index (χ0n) is 10.5. The second kappa shape index (κ2) is 5.80. The number of rotatable bonds is 5. The molecule has 0 fully saturated rings. The minimum atomic E-state index is -0.593. The number of aromatic nitrogens is 2. The molecule has 1 heterocycles. The molecule has 2 atom stereocenters. The summed E-state index contributed by atoms with van der Waals surface area (Å²) in [6.45, 7) is 2.40. The van der Waals surface area contributed by atoms with E-state index in [4.69, 9.17) is 5.73 Å². The molecule has 0 bridgehead atoms. The van der Waals surface area contributed by atoms with E-state index in [1.54, 1.807) is 10.9 Å². The van der Waals surface area contributed by atoms with Crippen molar-refractivity contribution in [3.05, 3.63) is 53.9 Å². The molecular weight excluding hydrogens is 226 g/mol. The molecular formula is C14H19N3O. The lowest BCUT2D eigenvalue weighted by Gasteiger charge is -2.18. The Morgan fingerprint density at radius 1 is 1.33 bits per heavy atom. The monoisotopic (exact) mass is 245 g/mol. The summed E-state index contributed by atoms with van der Waals surface area (Å²) in [4.78, 5) is 0. The van der Waals surface area contributed by atoms with Gasteiger partial charge in [-0.2, -0.15) is 5.10 Å². The SMILES string of the molecule is Cc1cnn(CC(O)C(N)Cc2ccccc2)c1. The molecule has 0 amide bonds. The second-order valence-electron chi connectivity index (χ2n) is 4.66. The molecule has 4 nitrogen and oxygen atoms in total. The standard InChI is InChI=1S/C14H19N3O/c1-11-8-16-17(9-11)10-14(18)13(15)7-12-5-3-2-4-6-12/h2-6,8-9,13-14,18H,7,10,15H2,1H3. The fraction of sp³-hybridized carbons (Fsp3) is 0.357. The predicted octanol–water partition coefficient (Wildman–Crippen LogP) is 1.12. The lowest BCUT2D eigenvalue weighted by atomic mass is 10.0. The third kappa shape index (κ3) is 3.42. The molecule has 3 N–H and O–H groups in total. The van der Waals surface area contributed by atoms with Crippen LogP contribution in [-0.4, -0.2) is 27.0 Å². The van der Waals surface area contributed by atoms with Gasteiger partial charge in [0.25, 0.3) is 0 Å². The number of benzene rings is 1. The Hall–Kier alpha value is -1.65. The van der Waals surface area contributed by atoms with Gasteiger partial charge in [0.05, 0.1) is 18.8 Å². The highest BCUT2D eigenvalue weighted by Gasteiger charge is 2.16. The third-order valence-electron chi connectivity index (χ3n) is 2.94. The lowest BCUT2D eigenvalue weighted by Crippen LogP contribution is -2.39. The van der Waals surface area contributed by atoms with Crippen LogP contribution in [0.25, 0.3) is 0 Å². The van der Waals surface area contributed by atoms with Gasteiger partial charge in [0.2, 0.25) is 0 Å². The van der Waals surface area contributed by atoms with Crippen molar-refractivity contribution in [1.82, 2.24) is 9.78 Å². The molecule has 0 aliphatic carbocycles. The Balaban J connectivity index is 1.90. The maximum atomic E-state index is 10.1. The molecule has 0 radical (unpaired) electrons. The molecule has 1 aromatic carbocycles. The third-order valence-corrected chi connectivity index (χ3v) is 2.94. The first-order valence-corrected chi connectivity index (χ1v) is 6.12. The molecule has 96 valence electrons. The van der Waals surface area contributed by atoms with Crippen molar-refractivity contribution in [2.45, 2.75) is 32.0 Å². The summed E-state index contributed by atoms with van der Waals surface area (Å²) in [6.07, 6.45) is 3.75. The van der Waals surface area contributed by atoms with Crippen LogP contribution in [0.5, 0.6) is 0 Å². The number of hydrogen-bond donors (Lipinski definition) is 2. The van der Waals surface area contributed by atoms with Gasteiger partial charge in [-0.1, -0.05) is 30.3 Å². The first-order valence-electron chi connectivity index (χ1n) is 6.12. The summed E-state index contributed by atoms with van der Waals surface area (Å²) in [6, 6.07) is 9.68. The van der Waals surface area contributed by atoms with E-state index in [1.165, 1.54) is 0 Å². The topological polar surface area (TPSA) is 64.1 Å². The van der Waals surface area contributed by atoms with Crippen molar-refractivity contribution in [1.29, 1.82) is 0 Å². The van der Waals surface area contributed by atoms with E-state index in [1.807, 2.05) is 43.5 Å². The van der Waals surface area contributed by atoms with E-state index in [0.717, 1.165) is 11.1 Å². The van der Waals surface area contributed by atoms with E-state index in [9.17, 15) is 5.11 Å². The summed E-state index contributed by atoms with van der Waals surface area (Å²) >= 11 is 0. The highest BCUT2D eigenvalue weighted by atomic mass is 16.3. The number of nitrogens with zero attached hydrogens (tertiary/aromatic N) is 2. The number of aryl methyl sites for hydroxylation is 1.